The van der Waals surface area contributed by atoms with Crippen LogP contribution in [0.15, 0.2) is 38.3 Å². The molecule has 0 bridgehead atoms. The first-order valence-electron chi connectivity index (χ1n) is 6.43. The normalized spacial score (nSPS) is 11.1. The zero-order valence-electron chi connectivity index (χ0n) is 11.3. The Morgan fingerprint density at radius 3 is 2.75 bits per heavy atom. The highest BCUT2D eigenvalue weighted by atomic mass is 16.5. The molecule has 0 atom stereocenters. The summed E-state index contributed by atoms with van der Waals surface area (Å²) < 4.78 is 16.4. The topological polar surface area (TPSA) is 70.7 Å². The second kappa shape index (κ2) is 7.02. The lowest BCUT2D eigenvalue weighted by molar-refractivity contribution is 0.0966. The van der Waals surface area contributed by atoms with E-state index in [2.05, 4.69) is 0 Å². The second-order valence-corrected chi connectivity index (χ2v) is 4.28. The fourth-order valence-electron chi connectivity index (χ4n) is 1.94. The summed E-state index contributed by atoms with van der Waals surface area (Å²) in [6, 6.07) is 6.86. The van der Waals surface area contributed by atoms with E-state index in [1.807, 2.05) is 0 Å². The Morgan fingerprint density at radius 2 is 1.95 bits per heavy atom. The zero-order valence-corrected chi connectivity index (χ0v) is 11.3. The van der Waals surface area contributed by atoms with Crippen LogP contribution in [0.3, 0.4) is 0 Å². The number of fused-ring (bicyclic) bond motifs is 1. The largest absolute Gasteiger partial charge is 0.422 e. The Bertz CT molecular complexity index is 673. The maximum atomic E-state index is 11.7. The van der Waals surface area contributed by atoms with E-state index in [1.54, 1.807) is 31.4 Å². The van der Waals surface area contributed by atoms with Crippen LogP contribution in [0.4, 0.5) is 0 Å². The number of aromatic nitrogens is 1. The fraction of sp³-hybridized carbons (Fsp3) is 0.429. The summed E-state index contributed by atoms with van der Waals surface area (Å²) in [4.78, 5) is 23.3. The number of ether oxygens (including phenoxy) is 2. The van der Waals surface area contributed by atoms with Crippen LogP contribution in [-0.2, 0) is 16.0 Å². The van der Waals surface area contributed by atoms with Crippen molar-refractivity contribution in [3.63, 3.8) is 0 Å². The van der Waals surface area contributed by atoms with Gasteiger partial charge >= 0.3 is 11.4 Å². The summed E-state index contributed by atoms with van der Waals surface area (Å²) in [6.45, 7) is 1.93. The molecular formula is C14H17NO5. The van der Waals surface area contributed by atoms with Gasteiger partial charge in [-0.2, -0.15) is 0 Å². The Kier molecular flexibility index (Phi) is 5.09. The van der Waals surface area contributed by atoms with Crippen molar-refractivity contribution >= 4 is 10.9 Å². The fourth-order valence-corrected chi connectivity index (χ4v) is 1.94. The van der Waals surface area contributed by atoms with Crippen LogP contribution in [0, 0.1) is 0 Å². The minimum atomic E-state index is -0.658. The molecule has 6 nitrogen and oxygen atoms in total. The smallest absolute Gasteiger partial charge is 0.385 e. The highest BCUT2D eigenvalue weighted by Gasteiger charge is 2.08. The summed E-state index contributed by atoms with van der Waals surface area (Å²) in [5.74, 6) is -0.658. The summed E-state index contributed by atoms with van der Waals surface area (Å²) in [5, 5.41) is 0.395. The molecule has 0 amide bonds. The van der Waals surface area contributed by atoms with Gasteiger partial charge in [0.15, 0.2) is 0 Å². The molecule has 6 heteroatoms. The van der Waals surface area contributed by atoms with Crippen molar-refractivity contribution in [2.45, 2.75) is 13.0 Å². The van der Waals surface area contributed by atoms with Crippen LogP contribution in [0.5, 0.6) is 0 Å². The molecule has 1 aromatic heterocycles. The third kappa shape index (κ3) is 3.34. The van der Waals surface area contributed by atoms with Gasteiger partial charge in [-0.1, -0.05) is 12.1 Å². The maximum absolute atomic E-state index is 11.7. The van der Waals surface area contributed by atoms with Crippen LogP contribution in [0.1, 0.15) is 6.42 Å². The predicted octanol–water partition coefficient (Wildman–Crippen LogP) is 1.01. The third-order valence-corrected chi connectivity index (χ3v) is 2.91. The first-order valence-corrected chi connectivity index (χ1v) is 6.43. The Balaban J connectivity index is 2.10. The number of hydrogen-bond donors (Lipinski definition) is 0. The van der Waals surface area contributed by atoms with E-state index in [-0.39, 0.29) is 0 Å². The van der Waals surface area contributed by atoms with E-state index in [1.165, 1.54) is 4.57 Å². The lowest BCUT2D eigenvalue weighted by Crippen LogP contribution is -2.26. The SMILES string of the molecule is COCCCOCCn1c(=O)oc(=O)c2ccccc21. The highest BCUT2D eigenvalue weighted by molar-refractivity contribution is 5.77. The number of rotatable bonds is 7. The second-order valence-electron chi connectivity index (χ2n) is 4.28. The van der Waals surface area contributed by atoms with Crippen molar-refractivity contribution in [1.82, 2.24) is 4.57 Å². The average molecular weight is 279 g/mol. The summed E-state index contributed by atoms with van der Waals surface area (Å²) in [5.41, 5.74) is -0.0443. The summed E-state index contributed by atoms with van der Waals surface area (Å²) in [7, 11) is 1.64. The number of nitrogens with zero attached hydrogens (tertiary/aromatic N) is 1. The van der Waals surface area contributed by atoms with Crippen molar-refractivity contribution in [1.29, 1.82) is 0 Å². The van der Waals surface area contributed by atoms with Gasteiger partial charge in [0.25, 0.3) is 0 Å². The molecule has 1 aromatic carbocycles. The van der Waals surface area contributed by atoms with Gasteiger partial charge in [0.2, 0.25) is 0 Å². The maximum Gasteiger partial charge on any atom is 0.422 e. The van der Waals surface area contributed by atoms with E-state index < -0.39 is 11.4 Å². The average Bonchev–Trinajstić information content (AvgIpc) is 2.45. The van der Waals surface area contributed by atoms with E-state index in [4.69, 9.17) is 13.9 Å². The lowest BCUT2D eigenvalue weighted by Gasteiger charge is -2.08. The van der Waals surface area contributed by atoms with Crippen LogP contribution in [0.2, 0.25) is 0 Å². The lowest BCUT2D eigenvalue weighted by atomic mass is 10.2. The molecule has 0 N–H and O–H groups in total. The number of para-hydroxylation sites is 1. The van der Waals surface area contributed by atoms with Crippen molar-refractivity contribution in [3.05, 3.63) is 45.2 Å². The van der Waals surface area contributed by atoms with E-state index in [0.29, 0.717) is 37.3 Å². The molecule has 108 valence electrons. The van der Waals surface area contributed by atoms with E-state index in [9.17, 15) is 9.59 Å². The van der Waals surface area contributed by atoms with Crippen LogP contribution >= 0.6 is 0 Å². The highest BCUT2D eigenvalue weighted by Crippen LogP contribution is 2.06. The quantitative estimate of drug-likeness (QED) is 0.707. The first kappa shape index (κ1) is 14.5. The Labute approximate surface area is 115 Å². The minimum absolute atomic E-state index is 0.343. The van der Waals surface area contributed by atoms with Gasteiger partial charge in [-0.15, -0.1) is 0 Å². The van der Waals surface area contributed by atoms with Crippen LogP contribution in [0.25, 0.3) is 10.9 Å². The number of methoxy groups -OCH3 is 1. The number of hydrogen-bond acceptors (Lipinski definition) is 5. The summed E-state index contributed by atoms with van der Waals surface area (Å²) >= 11 is 0. The predicted molar refractivity (Wildman–Crippen MR) is 74.1 cm³/mol. The molecule has 0 aliphatic heterocycles. The molecule has 0 aliphatic rings. The molecule has 0 saturated carbocycles. The van der Waals surface area contributed by atoms with Gasteiger partial charge in [-0.25, -0.2) is 9.59 Å². The van der Waals surface area contributed by atoms with Gasteiger partial charge in [0.1, 0.15) is 0 Å². The third-order valence-electron chi connectivity index (χ3n) is 2.91. The minimum Gasteiger partial charge on any atom is -0.385 e. The van der Waals surface area contributed by atoms with E-state index >= 15 is 0 Å². The molecule has 2 aromatic rings. The zero-order chi connectivity index (χ0) is 14.4. The molecule has 0 unspecified atom stereocenters. The van der Waals surface area contributed by atoms with Crippen molar-refractivity contribution < 1.29 is 13.9 Å². The van der Waals surface area contributed by atoms with Crippen molar-refractivity contribution in [3.8, 4) is 0 Å². The van der Waals surface area contributed by atoms with Crippen LogP contribution < -0.4 is 11.4 Å². The van der Waals surface area contributed by atoms with Crippen molar-refractivity contribution in [2.75, 3.05) is 26.9 Å². The Morgan fingerprint density at radius 1 is 1.15 bits per heavy atom. The van der Waals surface area contributed by atoms with Gasteiger partial charge in [-0.3, -0.25) is 4.57 Å². The Hall–Kier alpha value is -1.92. The van der Waals surface area contributed by atoms with Gasteiger partial charge in [0.05, 0.1) is 24.1 Å². The molecule has 0 spiro atoms. The van der Waals surface area contributed by atoms with Crippen molar-refractivity contribution in [2.24, 2.45) is 0 Å². The molecule has 20 heavy (non-hydrogen) atoms. The molecule has 2 rings (SSSR count). The molecule has 1 heterocycles. The molecule has 0 radical (unpaired) electrons. The molecular weight excluding hydrogens is 262 g/mol. The summed E-state index contributed by atoms with van der Waals surface area (Å²) in [6.07, 6.45) is 0.802. The van der Waals surface area contributed by atoms with Gasteiger partial charge < -0.3 is 13.9 Å². The molecule has 0 aliphatic carbocycles. The monoisotopic (exact) mass is 279 g/mol. The van der Waals surface area contributed by atoms with E-state index in [0.717, 1.165) is 6.42 Å². The number of benzene rings is 1. The standard InChI is InChI=1S/C14H17NO5/c1-18-8-4-9-19-10-7-15-12-6-3-2-5-11(12)13(16)20-14(15)17/h2-3,5-6H,4,7-10H2,1H3. The molecule has 0 fully saturated rings. The van der Waals surface area contributed by atoms with Crippen LogP contribution in [-0.4, -0.2) is 31.5 Å². The van der Waals surface area contributed by atoms with Gasteiger partial charge in [0, 0.05) is 20.3 Å². The van der Waals surface area contributed by atoms with Gasteiger partial charge in [-0.05, 0) is 18.6 Å². The molecule has 0 saturated heterocycles. The first-order chi connectivity index (χ1) is 9.74.